The van der Waals surface area contributed by atoms with Crippen molar-refractivity contribution in [3.8, 4) is 0 Å². The first-order valence-electron chi connectivity index (χ1n) is 8.72. The van der Waals surface area contributed by atoms with Gasteiger partial charge in [-0.05, 0) is 42.7 Å². The van der Waals surface area contributed by atoms with Gasteiger partial charge >= 0.3 is 0 Å². The topological polar surface area (TPSA) is 45.2 Å². The SMILES string of the molecule is Cc1cc(C)c(NC(=O)c2cncc(N(C)Cc3ccccc3)c2)c(Cl)c1. The number of hydrogen-bond acceptors (Lipinski definition) is 3. The van der Waals surface area contributed by atoms with E-state index < -0.39 is 0 Å². The van der Waals surface area contributed by atoms with Crippen LogP contribution in [0.25, 0.3) is 0 Å². The molecule has 0 spiro atoms. The third-order valence-corrected chi connectivity index (χ3v) is 4.66. The van der Waals surface area contributed by atoms with E-state index >= 15 is 0 Å². The van der Waals surface area contributed by atoms with Gasteiger partial charge in [0.25, 0.3) is 5.91 Å². The van der Waals surface area contributed by atoms with E-state index in [9.17, 15) is 4.79 Å². The number of nitrogens with zero attached hydrogens (tertiary/aromatic N) is 2. The van der Waals surface area contributed by atoms with Crippen molar-refractivity contribution < 1.29 is 4.79 Å². The van der Waals surface area contributed by atoms with Crippen molar-refractivity contribution >= 4 is 28.9 Å². The van der Waals surface area contributed by atoms with Crippen LogP contribution in [-0.4, -0.2) is 17.9 Å². The Morgan fingerprint density at radius 2 is 1.85 bits per heavy atom. The number of aromatic nitrogens is 1. The minimum absolute atomic E-state index is 0.230. The first-order valence-corrected chi connectivity index (χ1v) is 9.10. The van der Waals surface area contributed by atoms with Crippen LogP contribution in [0.2, 0.25) is 5.02 Å². The lowest BCUT2D eigenvalue weighted by Gasteiger charge is -2.19. The number of nitrogens with one attached hydrogen (secondary N) is 1. The van der Waals surface area contributed by atoms with Gasteiger partial charge in [0.05, 0.1) is 28.2 Å². The Balaban J connectivity index is 1.78. The second-order valence-electron chi connectivity index (χ2n) is 6.67. The van der Waals surface area contributed by atoms with E-state index in [4.69, 9.17) is 11.6 Å². The third-order valence-electron chi connectivity index (χ3n) is 4.36. The molecule has 1 aromatic heterocycles. The maximum atomic E-state index is 12.7. The van der Waals surface area contributed by atoms with Gasteiger partial charge in [0.1, 0.15) is 0 Å². The highest BCUT2D eigenvalue weighted by molar-refractivity contribution is 6.34. The number of rotatable bonds is 5. The average Bonchev–Trinajstić information content (AvgIpc) is 2.65. The highest BCUT2D eigenvalue weighted by atomic mass is 35.5. The summed E-state index contributed by atoms with van der Waals surface area (Å²) in [5.74, 6) is -0.230. The summed E-state index contributed by atoms with van der Waals surface area (Å²) in [4.78, 5) is 19.0. The predicted molar refractivity (Wildman–Crippen MR) is 112 cm³/mol. The van der Waals surface area contributed by atoms with Crippen LogP contribution in [0.4, 0.5) is 11.4 Å². The Labute approximate surface area is 164 Å². The van der Waals surface area contributed by atoms with E-state index in [1.165, 1.54) is 5.56 Å². The minimum Gasteiger partial charge on any atom is -0.369 e. The van der Waals surface area contributed by atoms with Crippen LogP contribution in [0.5, 0.6) is 0 Å². The number of halogens is 1. The number of anilines is 2. The zero-order valence-corrected chi connectivity index (χ0v) is 16.4. The number of carbonyl (C=O) groups is 1. The molecule has 0 bridgehead atoms. The number of benzene rings is 2. The normalized spacial score (nSPS) is 10.5. The molecule has 0 saturated carbocycles. The second-order valence-corrected chi connectivity index (χ2v) is 7.07. The van der Waals surface area contributed by atoms with E-state index in [1.54, 1.807) is 12.4 Å². The lowest BCUT2D eigenvalue weighted by atomic mass is 10.1. The summed E-state index contributed by atoms with van der Waals surface area (Å²) in [5, 5.41) is 3.44. The largest absolute Gasteiger partial charge is 0.369 e. The molecule has 5 heteroatoms. The van der Waals surface area contributed by atoms with Crippen molar-refractivity contribution in [3.05, 3.63) is 88.2 Å². The highest BCUT2D eigenvalue weighted by Gasteiger charge is 2.13. The lowest BCUT2D eigenvalue weighted by Crippen LogP contribution is -2.18. The van der Waals surface area contributed by atoms with Gasteiger partial charge in [0.15, 0.2) is 0 Å². The van der Waals surface area contributed by atoms with Crippen molar-refractivity contribution in [3.63, 3.8) is 0 Å². The Kier molecular flexibility index (Phi) is 5.77. The molecule has 0 saturated heterocycles. The van der Waals surface area contributed by atoms with Gasteiger partial charge in [-0.1, -0.05) is 48.0 Å². The fourth-order valence-corrected chi connectivity index (χ4v) is 3.34. The first-order chi connectivity index (χ1) is 12.9. The molecule has 1 heterocycles. The summed E-state index contributed by atoms with van der Waals surface area (Å²) >= 11 is 6.30. The first kappa shape index (κ1) is 18.9. The van der Waals surface area contributed by atoms with E-state index in [2.05, 4.69) is 27.3 Å². The van der Waals surface area contributed by atoms with Crippen molar-refractivity contribution in [2.75, 3.05) is 17.3 Å². The summed E-state index contributed by atoms with van der Waals surface area (Å²) in [6.07, 6.45) is 3.32. The smallest absolute Gasteiger partial charge is 0.257 e. The van der Waals surface area contributed by atoms with Gasteiger partial charge in [-0.2, -0.15) is 0 Å². The summed E-state index contributed by atoms with van der Waals surface area (Å²) in [6.45, 7) is 4.63. The van der Waals surface area contributed by atoms with Crippen LogP contribution in [0, 0.1) is 13.8 Å². The maximum Gasteiger partial charge on any atom is 0.257 e. The fraction of sp³-hybridized carbons (Fsp3) is 0.182. The molecule has 0 aliphatic carbocycles. The Morgan fingerprint density at radius 1 is 1.11 bits per heavy atom. The summed E-state index contributed by atoms with van der Waals surface area (Å²) in [6, 6.07) is 15.8. The molecule has 2 aromatic carbocycles. The van der Waals surface area contributed by atoms with Crippen LogP contribution in [0.15, 0.2) is 60.9 Å². The molecule has 27 heavy (non-hydrogen) atoms. The molecule has 0 unspecified atom stereocenters. The zero-order chi connectivity index (χ0) is 19.4. The van der Waals surface area contributed by atoms with Crippen molar-refractivity contribution in [1.82, 2.24) is 4.98 Å². The molecule has 4 nitrogen and oxygen atoms in total. The molecule has 138 valence electrons. The molecule has 0 atom stereocenters. The molecule has 0 fully saturated rings. The van der Waals surface area contributed by atoms with Gasteiger partial charge in [0.2, 0.25) is 0 Å². The summed E-state index contributed by atoms with van der Waals surface area (Å²) < 4.78 is 0. The third kappa shape index (κ3) is 4.66. The number of pyridine rings is 1. The Hall–Kier alpha value is -2.85. The number of hydrogen-bond donors (Lipinski definition) is 1. The minimum atomic E-state index is -0.230. The van der Waals surface area contributed by atoms with Gasteiger partial charge in [0, 0.05) is 19.8 Å². The van der Waals surface area contributed by atoms with Crippen molar-refractivity contribution in [2.24, 2.45) is 0 Å². The molecule has 1 N–H and O–H groups in total. The quantitative estimate of drug-likeness (QED) is 0.659. The van der Waals surface area contributed by atoms with Gasteiger partial charge in [-0.25, -0.2) is 0 Å². The number of amides is 1. The van der Waals surface area contributed by atoms with E-state index in [0.717, 1.165) is 23.4 Å². The van der Waals surface area contributed by atoms with Gasteiger partial charge in [-0.3, -0.25) is 9.78 Å². The van der Waals surface area contributed by atoms with E-state index in [1.807, 2.05) is 57.3 Å². The molecule has 3 rings (SSSR count). The predicted octanol–water partition coefficient (Wildman–Crippen LogP) is 5.24. The Bertz CT molecular complexity index is 934. The number of aryl methyl sites for hydroxylation is 2. The van der Waals surface area contributed by atoms with Crippen LogP contribution >= 0.6 is 11.6 Å². The van der Waals surface area contributed by atoms with Crippen molar-refractivity contribution in [2.45, 2.75) is 20.4 Å². The second kappa shape index (κ2) is 8.23. The molecule has 0 radical (unpaired) electrons. The van der Waals surface area contributed by atoms with E-state index in [-0.39, 0.29) is 5.91 Å². The Morgan fingerprint density at radius 3 is 2.56 bits per heavy atom. The zero-order valence-electron chi connectivity index (χ0n) is 15.7. The van der Waals surface area contributed by atoms with Crippen molar-refractivity contribution in [1.29, 1.82) is 0 Å². The van der Waals surface area contributed by atoms with Crippen LogP contribution in [-0.2, 0) is 6.54 Å². The maximum absolute atomic E-state index is 12.7. The molecular formula is C22H22ClN3O. The monoisotopic (exact) mass is 379 g/mol. The van der Waals surface area contributed by atoms with Crippen LogP contribution < -0.4 is 10.2 Å². The fourth-order valence-electron chi connectivity index (χ4n) is 2.97. The van der Waals surface area contributed by atoms with Gasteiger partial charge < -0.3 is 10.2 Å². The van der Waals surface area contributed by atoms with Crippen LogP contribution in [0.3, 0.4) is 0 Å². The summed E-state index contributed by atoms with van der Waals surface area (Å²) in [5.41, 5.74) is 5.18. The molecular weight excluding hydrogens is 358 g/mol. The van der Waals surface area contributed by atoms with E-state index in [0.29, 0.717) is 16.3 Å². The van der Waals surface area contributed by atoms with Crippen LogP contribution in [0.1, 0.15) is 27.0 Å². The number of carbonyl (C=O) groups excluding carboxylic acids is 1. The average molecular weight is 380 g/mol. The van der Waals surface area contributed by atoms with Gasteiger partial charge in [-0.15, -0.1) is 0 Å². The lowest BCUT2D eigenvalue weighted by molar-refractivity contribution is 0.102. The molecule has 3 aromatic rings. The molecule has 0 aliphatic heterocycles. The summed E-state index contributed by atoms with van der Waals surface area (Å²) in [7, 11) is 1.98. The highest BCUT2D eigenvalue weighted by Crippen LogP contribution is 2.28. The standard InChI is InChI=1S/C22H22ClN3O/c1-15-9-16(2)21(20(23)10-15)25-22(27)18-11-19(13-24-12-18)26(3)14-17-7-5-4-6-8-17/h4-13H,14H2,1-3H3,(H,25,27). The molecule has 0 aliphatic rings. The molecule has 1 amide bonds.